The van der Waals surface area contributed by atoms with Gasteiger partial charge in [-0.3, -0.25) is 0 Å². The largest absolute Gasteiger partial charge is 0.458 e. The zero-order valence-corrected chi connectivity index (χ0v) is 11.4. The minimum atomic E-state index is 0.611. The third kappa shape index (κ3) is 2.62. The molecule has 0 spiro atoms. The third-order valence-corrected chi connectivity index (χ3v) is 3.33. The van der Waals surface area contributed by atoms with E-state index in [0.717, 1.165) is 36.0 Å². The minimum Gasteiger partial charge on any atom is -0.458 e. The fourth-order valence-electron chi connectivity index (χ4n) is 2.12. The number of hydrogen-bond donors (Lipinski definition) is 1. The fourth-order valence-corrected chi connectivity index (χ4v) is 2.12. The Bertz CT molecular complexity index is 573. The Kier molecular flexibility index (Phi) is 3.23. The molecule has 0 amide bonds. The summed E-state index contributed by atoms with van der Waals surface area (Å²) in [7, 11) is 0. The van der Waals surface area contributed by atoms with E-state index < -0.39 is 0 Å². The van der Waals surface area contributed by atoms with Crippen molar-refractivity contribution in [2.24, 2.45) is 0 Å². The maximum Gasteiger partial charge on any atom is 0.197 e. The van der Waals surface area contributed by atoms with Gasteiger partial charge >= 0.3 is 0 Å². The van der Waals surface area contributed by atoms with Gasteiger partial charge in [0.2, 0.25) is 0 Å². The van der Waals surface area contributed by atoms with Crippen LogP contribution in [0.5, 0.6) is 0 Å². The van der Waals surface area contributed by atoms with E-state index in [1.54, 1.807) is 0 Å². The molecule has 4 heteroatoms. The molecule has 1 saturated carbocycles. The second kappa shape index (κ2) is 5.03. The quantitative estimate of drug-likeness (QED) is 0.889. The van der Waals surface area contributed by atoms with Gasteiger partial charge in [0.15, 0.2) is 11.6 Å². The highest BCUT2D eigenvalue weighted by molar-refractivity contribution is 5.52. The maximum atomic E-state index is 5.75. The summed E-state index contributed by atoms with van der Waals surface area (Å²) >= 11 is 0. The predicted octanol–water partition coefficient (Wildman–Crippen LogP) is 3.61. The van der Waals surface area contributed by atoms with Gasteiger partial charge in [-0.2, -0.15) is 0 Å². The van der Waals surface area contributed by atoms with E-state index in [4.69, 9.17) is 4.42 Å². The monoisotopic (exact) mass is 257 g/mol. The van der Waals surface area contributed by atoms with Crippen LogP contribution in [0, 0.1) is 0 Å². The minimum absolute atomic E-state index is 0.611. The molecule has 0 aromatic carbocycles. The van der Waals surface area contributed by atoms with E-state index in [1.165, 1.54) is 12.8 Å². The maximum absolute atomic E-state index is 5.75. The molecule has 1 aliphatic carbocycles. The molecule has 1 aliphatic rings. The van der Waals surface area contributed by atoms with Gasteiger partial charge in [0, 0.05) is 30.6 Å². The van der Waals surface area contributed by atoms with Crippen molar-refractivity contribution in [3.8, 4) is 11.6 Å². The van der Waals surface area contributed by atoms with Gasteiger partial charge in [-0.25, -0.2) is 9.97 Å². The number of furan rings is 1. The van der Waals surface area contributed by atoms with Crippen LogP contribution in [-0.2, 0) is 6.42 Å². The SMILES string of the molecule is CCNc1cc(C2CC2)nc(-c2ccc(CC)o2)n1. The molecule has 1 N–H and O–H groups in total. The fraction of sp³-hybridized carbons (Fsp3) is 0.467. The van der Waals surface area contributed by atoms with Crippen LogP contribution in [0.3, 0.4) is 0 Å². The van der Waals surface area contributed by atoms with Crippen LogP contribution in [0.1, 0.15) is 44.1 Å². The number of hydrogen-bond acceptors (Lipinski definition) is 4. The van der Waals surface area contributed by atoms with Crippen molar-refractivity contribution in [2.75, 3.05) is 11.9 Å². The number of anilines is 1. The zero-order valence-electron chi connectivity index (χ0n) is 11.4. The predicted molar refractivity (Wildman–Crippen MR) is 75.3 cm³/mol. The summed E-state index contributed by atoms with van der Waals surface area (Å²) in [5.41, 5.74) is 1.13. The first-order chi connectivity index (χ1) is 9.30. The second-order valence-electron chi connectivity index (χ2n) is 4.93. The Morgan fingerprint density at radius 2 is 2.11 bits per heavy atom. The van der Waals surface area contributed by atoms with Crippen LogP contribution in [0.25, 0.3) is 11.6 Å². The highest BCUT2D eigenvalue weighted by atomic mass is 16.3. The molecule has 2 aromatic heterocycles. The molecule has 0 radical (unpaired) electrons. The van der Waals surface area contributed by atoms with Gasteiger partial charge < -0.3 is 9.73 Å². The van der Waals surface area contributed by atoms with Gasteiger partial charge in [-0.1, -0.05) is 6.92 Å². The van der Waals surface area contributed by atoms with Crippen LogP contribution in [0.4, 0.5) is 5.82 Å². The van der Waals surface area contributed by atoms with Crippen LogP contribution in [0.15, 0.2) is 22.6 Å². The van der Waals surface area contributed by atoms with Crippen LogP contribution in [0.2, 0.25) is 0 Å². The number of aryl methyl sites for hydroxylation is 1. The second-order valence-corrected chi connectivity index (χ2v) is 4.93. The summed E-state index contributed by atoms with van der Waals surface area (Å²) in [4.78, 5) is 9.19. The summed E-state index contributed by atoms with van der Waals surface area (Å²) in [5, 5.41) is 3.27. The highest BCUT2D eigenvalue weighted by Crippen LogP contribution is 2.40. The molecule has 1 fully saturated rings. The van der Waals surface area contributed by atoms with Crippen molar-refractivity contribution >= 4 is 5.82 Å². The molecular weight excluding hydrogens is 238 g/mol. The van der Waals surface area contributed by atoms with E-state index in [2.05, 4.69) is 35.2 Å². The molecule has 0 bridgehead atoms. The van der Waals surface area contributed by atoms with Crippen molar-refractivity contribution in [2.45, 2.75) is 39.0 Å². The molecule has 19 heavy (non-hydrogen) atoms. The van der Waals surface area contributed by atoms with Gasteiger partial charge in [-0.15, -0.1) is 0 Å². The normalized spacial score (nSPS) is 14.6. The Balaban J connectivity index is 1.98. The first-order valence-corrected chi connectivity index (χ1v) is 7.02. The molecule has 2 aromatic rings. The lowest BCUT2D eigenvalue weighted by molar-refractivity contribution is 0.525. The molecule has 0 saturated heterocycles. The standard InChI is InChI=1S/C15H19N3O/c1-3-11-7-8-13(19-11)15-17-12(10-5-6-10)9-14(18-15)16-4-2/h7-10H,3-6H2,1-2H3,(H,16,17,18). The summed E-state index contributed by atoms with van der Waals surface area (Å²) in [5.74, 6) is 3.93. The van der Waals surface area contributed by atoms with Crippen molar-refractivity contribution in [1.29, 1.82) is 0 Å². The summed E-state index contributed by atoms with van der Waals surface area (Å²) in [6.45, 7) is 5.01. The molecule has 0 atom stereocenters. The van der Waals surface area contributed by atoms with E-state index >= 15 is 0 Å². The van der Waals surface area contributed by atoms with Gasteiger partial charge in [0.25, 0.3) is 0 Å². The molecule has 2 heterocycles. The van der Waals surface area contributed by atoms with Crippen molar-refractivity contribution in [1.82, 2.24) is 9.97 Å². The molecular formula is C15H19N3O. The third-order valence-electron chi connectivity index (χ3n) is 3.33. The highest BCUT2D eigenvalue weighted by Gasteiger charge is 2.26. The lowest BCUT2D eigenvalue weighted by atomic mass is 10.2. The lowest BCUT2D eigenvalue weighted by Gasteiger charge is -2.07. The van der Waals surface area contributed by atoms with Crippen molar-refractivity contribution < 1.29 is 4.42 Å². The van der Waals surface area contributed by atoms with Crippen LogP contribution in [-0.4, -0.2) is 16.5 Å². The number of nitrogens with one attached hydrogen (secondary N) is 1. The number of rotatable bonds is 5. The summed E-state index contributed by atoms with van der Waals surface area (Å²) < 4.78 is 5.75. The average Bonchev–Trinajstić information content (AvgIpc) is 3.16. The summed E-state index contributed by atoms with van der Waals surface area (Å²) in [6.07, 6.45) is 3.36. The topological polar surface area (TPSA) is 51.0 Å². The molecule has 0 aliphatic heterocycles. The van der Waals surface area contributed by atoms with E-state index in [1.807, 2.05) is 12.1 Å². The van der Waals surface area contributed by atoms with Gasteiger partial charge in [0.05, 0.1) is 0 Å². The molecule has 4 nitrogen and oxygen atoms in total. The lowest BCUT2D eigenvalue weighted by Crippen LogP contribution is -2.03. The number of aromatic nitrogens is 2. The van der Waals surface area contributed by atoms with E-state index in [-0.39, 0.29) is 0 Å². The Morgan fingerprint density at radius 1 is 1.26 bits per heavy atom. The van der Waals surface area contributed by atoms with Crippen molar-refractivity contribution in [3.05, 3.63) is 29.7 Å². The Morgan fingerprint density at radius 3 is 2.74 bits per heavy atom. The Hall–Kier alpha value is -1.84. The number of nitrogens with zero attached hydrogens (tertiary/aromatic N) is 2. The Labute approximate surface area is 113 Å². The first-order valence-electron chi connectivity index (χ1n) is 7.02. The van der Waals surface area contributed by atoms with Crippen molar-refractivity contribution in [3.63, 3.8) is 0 Å². The van der Waals surface area contributed by atoms with Crippen LogP contribution >= 0.6 is 0 Å². The first kappa shape index (κ1) is 12.2. The molecule has 3 rings (SSSR count). The van der Waals surface area contributed by atoms with Gasteiger partial charge in [0.1, 0.15) is 11.6 Å². The molecule has 100 valence electrons. The molecule has 0 unspecified atom stereocenters. The average molecular weight is 257 g/mol. The summed E-state index contributed by atoms with van der Waals surface area (Å²) in [6, 6.07) is 6.02. The zero-order chi connectivity index (χ0) is 13.2. The van der Waals surface area contributed by atoms with E-state index in [0.29, 0.717) is 11.7 Å². The van der Waals surface area contributed by atoms with E-state index in [9.17, 15) is 0 Å². The van der Waals surface area contributed by atoms with Crippen LogP contribution < -0.4 is 5.32 Å². The van der Waals surface area contributed by atoms with Gasteiger partial charge in [-0.05, 0) is 31.9 Å². The smallest absolute Gasteiger partial charge is 0.197 e.